The molecule has 0 saturated carbocycles. The minimum atomic E-state index is -0.529. The van der Waals surface area contributed by atoms with Crippen LogP contribution >= 0.6 is 0 Å². The van der Waals surface area contributed by atoms with Gasteiger partial charge < -0.3 is 9.94 Å². The fourth-order valence-corrected chi connectivity index (χ4v) is 1.87. The monoisotopic (exact) mass is 303 g/mol. The van der Waals surface area contributed by atoms with E-state index in [0.29, 0.717) is 17.9 Å². The van der Waals surface area contributed by atoms with Gasteiger partial charge in [0, 0.05) is 0 Å². The summed E-state index contributed by atoms with van der Waals surface area (Å²) in [5.41, 5.74) is -0.109. The second-order valence-electron chi connectivity index (χ2n) is 4.65. The molecule has 0 bridgehead atoms. The van der Waals surface area contributed by atoms with Gasteiger partial charge in [-0.3, -0.25) is 15.4 Å². The summed E-state index contributed by atoms with van der Waals surface area (Å²) in [6.07, 6.45) is 2.73. The quantitative estimate of drug-likeness (QED) is 0.266. The molecule has 0 atom stereocenters. The van der Waals surface area contributed by atoms with Crippen molar-refractivity contribution in [2.75, 3.05) is 18.5 Å². The lowest BCUT2D eigenvalue weighted by Gasteiger charge is -2.08. The number of hydrogen-bond acceptors (Lipinski definition) is 5. The lowest BCUT2D eigenvalue weighted by Crippen LogP contribution is -2.30. The number of rotatable bonds is 8. The van der Waals surface area contributed by atoms with E-state index in [0.717, 1.165) is 24.8 Å². The maximum Gasteiger partial charge on any atom is 0.284 e. The second kappa shape index (κ2) is 7.82. The highest BCUT2D eigenvalue weighted by molar-refractivity contribution is 5.40. The number of unbranched alkanes of at least 4 members (excludes halogenated alkanes) is 1. The molecule has 1 heterocycles. The molecule has 1 aromatic carbocycles. The molecule has 22 heavy (non-hydrogen) atoms. The van der Waals surface area contributed by atoms with E-state index in [-0.39, 0.29) is 11.5 Å². The van der Waals surface area contributed by atoms with Gasteiger partial charge in [0.2, 0.25) is 0 Å². The minimum Gasteiger partial charge on any atom is -0.711 e. The molecule has 0 fully saturated rings. The Kier molecular flexibility index (Phi) is 5.53. The number of nitrogens with one attached hydrogen (secondary N) is 1. The summed E-state index contributed by atoms with van der Waals surface area (Å²) in [7, 11) is 0. The van der Waals surface area contributed by atoms with Crippen LogP contribution < -0.4 is 14.8 Å². The number of aromatic nitrogens is 1. The van der Waals surface area contributed by atoms with Gasteiger partial charge in [0.25, 0.3) is 11.5 Å². The Hall–Kier alpha value is -2.83. The van der Waals surface area contributed by atoms with Crippen molar-refractivity contribution in [2.45, 2.75) is 12.8 Å². The average Bonchev–Trinajstić information content (AvgIpc) is 2.53. The number of pyridine rings is 1. The van der Waals surface area contributed by atoms with Crippen molar-refractivity contribution in [3.63, 3.8) is 0 Å². The molecule has 0 radical (unpaired) electrons. The molecule has 0 unspecified atom stereocenters. The standard InChI is InChI=1S/C15H17N3O4/c19-17-10-8-13(18(20)21)12-15(17)16-9-4-5-11-22-14-6-2-1-3-7-14/h1-3,6-8,10,12,16H,4-5,9,11H2. The summed E-state index contributed by atoms with van der Waals surface area (Å²) in [6.45, 7) is 1.12. The topological polar surface area (TPSA) is 91.3 Å². The van der Waals surface area contributed by atoms with Crippen LogP contribution in [0.2, 0.25) is 0 Å². The molecule has 0 aliphatic rings. The molecule has 7 nitrogen and oxygen atoms in total. The molecule has 0 spiro atoms. The maximum absolute atomic E-state index is 11.5. The number of ether oxygens (including phenoxy) is 1. The first-order chi connectivity index (χ1) is 10.7. The molecule has 2 aromatic rings. The third-order valence-corrected chi connectivity index (χ3v) is 3.00. The van der Waals surface area contributed by atoms with Gasteiger partial charge in [-0.2, -0.15) is 0 Å². The first kappa shape index (κ1) is 15.6. The van der Waals surface area contributed by atoms with Crippen LogP contribution in [0, 0.1) is 15.3 Å². The Morgan fingerprint density at radius 1 is 1.18 bits per heavy atom. The number of benzene rings is 1. The summed E-state index contributed by atoms with van der Waals surface area (Å²) >= 11 is 0. The van der Waals surface area contributed by atoms with E-state index in [9.17, 15) is 15.3 Å². The Morgan fingerprint density at radius 3 is 2.68 bits per heavy atom. The van der Waals surface area contributed by atoms with Crippen molar-refractivity contribution < 1.29 is 14.4 Å². The van der Waals surface area contributed by atoms with E-state index in [1.54, 1.807) is 0 Å². The molecule has 1 aromatic heterocycles. The second-order valence-corrected chi connectivity index (χ2v) is 4.65. The zero-order chi connectivity index (χ0) is 15.8. The van der Waals surface area contributed by atoms with Gasteiger partial charge in [0.15, 0.2) is 0 Å². The highest BCUT2D eigenvalue weighted by Crippen LogP contribution is 2.13. The van der Waals surface area contributed by atoms with Gasteiger partial charge in [0.05, 0.1) is 24.1 Å². The third-order valence-electron chi connectivity index (χ3n) is 3.00. The molecule has 2 rings (SSSR count). The number of para-hydroxylation sites is 1. The van der Waals surface area contributed by atoms with Crippen LogP contribution in [0.5, 0.6) is 5.75 Å². The van der Waals surface area contributed by atoms with Crippen LogP contribution in [0.15, 0.2) is 48.7 Å². The van der Waals surface area contributed by atoms with E-state index in [1.165, 1.54) is 12.1 Å². The smallest absolute Gasteiger partial charge is 0.284 e. The van der Waals surface area contributed by atoms with Crippen molar-refractivity contribution in [2.24, 2.45) is 0 Å². The summed E-state index contributed by atoms with van der Waals surface area (Å²) in [4.78, 5) is 10.1. The molecule has 116 valence electrons. The fourth-order valence-electron chi connectivity index (χ4n) is 1.87. The fraction of sp³-hybridized carbons (Fsp3) is 0.267. The van der Waals surface area contributed by atoms with Crippen LogP contribution in [0.3, 0.4) is 0 Å². The summed E-state index contributed by atoms with van der Waals surface area (Å²) < 4.78 is 6.13. The highest BCUT2D eigenvalue weighted by Gasteiger charge is 2.12. The van der Waals surface area contributed by atoms with Crippen LogP contribution in [0.1, 0.15) is 12.8 Å². The zero-order valence-electron chi connectivity index (χ0n) is 12.0. The van der Waals surface area contributed by atoms with Crippen LogP contribution in [-0.4, -0.2) is 18.1 Å². The molecule has 0 aliphatic heterocycles. The van der Waals surface area contributed by atoms with Crippen LogP contribution in [0.4, 0.5) is 11.5 Å². The van der Waals surface area contributed by atoms with Gasteiger partial charge in [-0.25, -0.2) is 4.73 Å². The van der Waals surface area contributed by atoms with Gasteiger partial charge in [-0.05, 0) is 25.0 Å². The van der Waals surface area contributed by atoms with Crippen molar-refractivity contribution in [3.05, 3.63) is 64.0 Å². The summed E-state index contributed by atoms with van der Waals surface area (Å²) in [5, 5.41) is 25.1. The maximum atomic E-state index is 11.5. The van der Waals surface area contributed by atoms with Crippen LogP contribution in [0.25, 0.3) is 0 Å². The molecule has 0 amide bonds. The first-order valence-corrected chi connectivity index (χ1v) is 6.96. The molecule has 7 heteroatoms. The Morgan fingerprint density at radius 2 is 1.95 bits per heavy atom. The minimum absolute atomic E-state index is 0.109. The lowest BCUT2D eigenvalue weighted by molar-refractivity contribution is -0.591. The molecule has 0 aliphatic carbocycles. The van der Waals surface area contributed by atoms with Crippen molar-refractivity contribution in [1.29, 1.82) is 0 Å². The average molecular weight is 303 g/mol. The van der Waals surface area contributed by atoms with Gasteiger partial charge in [-0.1, -0.05) is 18.2 Å². The van der Waals surface area contributed by atoms with Gasteiger partial charge in [-0.15, -0.1) is 0 Å². The predicted molar refractivity (Wildman–Crippen MR) is 81.7 cm³/mol. The van der Waals surface area contributed by atoms with Crippen LogP contribution in [-0.2, 0) is 0 Å². The lowest BCUT2D eigenvalue weighted by atomic mass is 10.3. The van der Waals surface area contributed by atoms with Gasteiger partial charge in [0.1, 0.15) is 18.0 Å². The third kappa shape index (κ3) is 4.62. The van der Waals surface area contributed by atoms with E-state index in [4.69, 9.17) is 4.74 Å². The first-order valence-electron chi connectivity index (χ1n) is 6.96. The number of hydrogen-bond donors (Lipinski definition) is 1. The molecular weight excluding hydrogens is 286 g/mol. The number of nitrogens with zero attached hydrogens (tertiary/aromatic N) is 2. The zero-order valence-corrected chi connectivity index (χ0v) is 12.0. The van der Waals surface area contributed by atoms with Crippen molar-refractivity contribution >= 4 is 11.5 Å². The Labute approximate surface area is 127 Å². The van der Waals surface area contributed by atoms with Crippen molar-refractivity contribution in [1.82, 2.24) is 0 Å². The molecular formula is C15H17N3O4. The van der Waals surface area contributed by atoms with E-state index in [2.05, 4.69) is 5.32 Å². The van der Waals surface area contributed by atoms with E-state index in [1.807, 2.05) is 30.3 Å². The molecule has 1 N–H and O–H groups in total. The largest absolute Gasteiger partial charge is 0.711 e. The van der Waals surface area contributed by atoms with E-state index < -0.39 is 4.92 Å². The molecule has 0 saturated heterocycles. The van der Waals surface area contributed by atoms with Crippen molar-refractivity contribution in [3.8, 4) is 5.75 Å². The number of nitro groups is 1. The predicted octanol–water partition coefficient (Wildman–Crippen LogP) is 2.50. The Bertz CT molecular complexity index is 619. The normalized spacial score (nSPS) is 10.2. The Balaban J connectivity index is 1.70. The highest BCUT2D eigenvalue weighted by atomic mass is 16.6. The SMILES string of the molecule is O=[N+]([O-])c1cc[n+]([O-])c(NCCCCOc2ccccc2)c1. The van der Waals surface area contributed by atoms with E-state index >= 15 is 0 Å². The summed E-state index contributed by atoms with van der Waals surface area (Å²) in [6, 6.07) is 11.9. The number of anilines is 1. The van der Waals surface area contributed by atoms with Gasteiger partial charge >= 0.3 is 0 Å². The summed E-state index contributed by atoms with van der Waals surface area (Å²) in [5.74, 6) is 1.00.